The molecule has 90 valence electrons. The van der Waals surface area contributed by atoms with Gasteiger partial charge in [0.05, 0.1) is 12.7 Å². The zero-order valence-electron chi connectivity index (χ0n) is 9.71. The van der Waals surface area contributed by atoms with E-state index in [1.165, 1.54) is 12.8 Å². The van der Waals surface area contributed by atoms with E-state index in [2.05, 4.69) is 12.3 Å². The molecule has 0 amide bonds. The third kappa shape index (κ3) is 5.47. The summed E-state index contributed by atoms with van der Waals surface area (Å²) in [4.78, 5) is 0. The lowest BCUT2D eigenvalue weighted by Crippen LogP contribution is -2.39. The van der Waals surface area contributed by atoms with E-state index in [-0.39, 0.29) is 6.04 Å². The first-order valence-corrected chi connectivity index (χ1v) is 6.02. The predicted molar refractivity (Wildman–Crippen MR) is 60.4 cm³/mol. The minimum atomic E-state index is 0.265. The van der Waals surface area contributed by atoms with Crippen molar-refractivity contribution in [2.75, 3.05) is 19.8 Å². The molecule has 0 aromatic rings. The van der Waals surface area contributed by atoms with Crippen molar-refractivity contribution in [3.8, 4) is 0 Å². The highest BCUT2D eigenvalue weighted by molar-refractivity contribution is 4.70. The van der Waals surface area contributed by atoms with Gasteiger partial charge in [0.2, 0.25) is 0 Å². The first-order valence-electron chi connectivity index (χ1n) is 6.02. The molecule has 4 heteroatoms. The second-order valence-electron chi connectivity index (χ2n) is 4.15. The molecule has 1 saturated heterocycles. The number of nitrogens with one attached hydrogen (secondary N) is 1. The van der Waals surface area contributed by atoms with Crippen molar-refractivity contribution in [3.63, 3.8) is 0 Å². The number of nitrogens with two attached hydrogens (primary N) is 1. The second-order valence-corrected chi connectivity index (χ2v) is 4.15. The molecule has 0 aromatic carbocycles. The molecule has 1 rings (SSSR count). The standard InChI is InChI=1S/C11H24N2O2/c1-2-7-14-9-10(13-12)5-6-11-4-3-8-15-11/h10-11,13H,2-9,12H2,1H3. The maximum absolute atomic E-state index is 5.56. The van der Waals surface area contributed by atoms with E-state index in [1.807, 2.05) is 0 Å². The summed E-state index contributed by atoms with van der Waals surface area (Å²) >= 11 is 0. The van der Waals surface area contributed by atoms with Crippen LogP contribution >= 0.6 is 0 Å². The summed E-state index contributed by atoms with van der Waals surface area (Å²) in [5.41, 5.74) is 2.80. The van der Waals surface area contributed by atoms with Crippen LogP contribution in [0.1, 0.15) is 39.0 Å². The fraction of sp³-hybridized carbons (Fsp3) is 1.00. The highest BCUT2D eigenvalue weighted by atomic mass is 16.5. The van der Waals surface area contributed by atoms with Crippen LogP contribution in [-0.2, 0) is 9.47 Å². The third-order valence-corrected chi connectivity index (χ3v) is 2.76. The topological polar surface area (TPSA) is 56.5 Å². The van der Waals surface area contributed by atoms with E-state index >= 15 is 0 Å². The molecule has 0 aliphatic carbocycles. The van der Waals surface area contributed by atoms with Gasteiger partial charge in [0, 0.05) is 19.3 Å². The minimum Gasteiger partial charge on any atom is -0.380 e. The van der Waals surface area contributed by atoms with E-state index in [9.17, 15) is 0 Å². The van der Waals surface area contributed by atoms with Gasteiger partial charge in [-0.1, -0.05) is 6.92 Å². The normalized spacial score (nSPS) is 23.2. The van der Waals surface area contributed by atoms with Gasteiger partial charge in [0.25, 0.3) is 0 Å². The number of rotatable bonds is 8. The van der Waals surface area contributed by atoms with Crippen LogP contribution in [0.5, 0.6) is 0 Å². The Kier molecular flexibility index (Phi) is 6.92. The molecule has 1 aliphatic rings. The molecular weight excluding hydrogens is 192 g/mol. The zero-order chi connectivity index (χ0) is 10.9. The Morgan fingerprint density at radius 1 is 1.60 bits per heavy atom. The lowest BCUT2D eigenvalue weighted by atomic mass is 10.1. The Hall–Kier alpha value is -0.160. The van der Waals surface area contributed by atoms with Crippen molar-refractivity contribution in [2.45, 2.75) is 51.2 Å². The molecule has 3 N–H and O–H groups in total. The van der Waals surface area contributed by atoms with Crippen LogP contribution in [0.2, 0.25) is 0 Å². The molecule has 0 bridgehead atoms. The van der Waals surface area contributed by atoms with Crippen LogP contribution in [0.3, 0.4) is 0 Å². The van der Waals surface area contributed by atoms with Crippen molar-refractivity contribution in [3.05, 3.63) is 0 Å². The van der Waals surface area contributed by atoms with Crippen molar-refractivity contribution >= 4 is 0 Å². The van der Waals surface area contributed by atoms with E-state index in [4.69, 9.17) is 15.3 Å². The van der Waals surface area contributed by atoms with Gasteiger partial charge in [0.1, 0.15) is 0 Å². The number of hydrazine groups is 1. The van der Waals surface area contributed by atoms with Crippen LogP contribution in [0.4, 0.5) is 0 Å². The number of hydrogen-bond donors (Lipinski definition) is 2. The van der Waals surface area contributed by atoms with Crippen LogP contribution in [0.25, 0.3) is 0 Å². The summed E-state index contributed by atoms with van der Waals surface area (Å²) < 4.78 is 11.0. The fourth-order valence-corrected chi connectivity index (χ4v) is 1.84. The van der Waals surface area contributed by atoms with Gasteiger partial charge in [-0.05, 0) is 32.1 Å². The maximum Gasteiger partial charge on any atom is 0.0633 e. The van der Waals surface area contributed by atoms with Gasteiger partial charge in [-0.15, -0.1) is 0 Å². The quantitative estimate of drug-likeness (QED) is 0.364. The number of hydrogen-bond acceptors (Lipinski definition) is 4. The Morgan fingerprint density at radius 2 is 2.47 bits per heavy atom. The van der Waals surface area contributed by atoms with Crippen molar-refractivity contribution in [2.24, 2.45) is 5.84 Å². The van der Waals surface area contributed by atoms with E-state index < -0.39 is 0 Å². The van der Waals surface area contributed by atoms with Gasteiger partial charge in [-0.25, -0.2) is 0 Å². The monoisotopic (exact) mass is 216 g/mol. The summed E-state index contributed by atoms with van der Waals surface area (Å²) in [5.74, 6) is 5.47. The highest BCUT2D eigenvalue weighted by Gasteiger charge is 2.17. The Labute approximate surface area is 92.5 Å². The summed E-state index contributed by atoms with van der Waals surface area (Å²) in [6.07, 6.45) is 6.04. The Morgan fingerprint density at radius 3 is 3.07 bits per heavy atom. The summed E-state index contributed by atoms with van der Waals surface area (Å²) in [7, 11) is 0. The Balaban J connectivity index is 2.04. The SMILES string of the molecule is CCCOCC(CCC1CCCO1)NN. The van der Waals surface area contributed by atoms with Gasteiger partial charge in [-0.3, -0.25) is 11.3 Å². The van der Waals surface area contributed by atoms with Gasteiger partial charge >= 0.3 is 0 Å². The van der Waals surface area contributed by atoms with E-state index in [1.54, 1.807) is 0 Å². The fourth-order valence-electron chi connectivity index (χ4n) is 1.84. The molecule has 1 heterocycles. The molecular formula is C11H24N2O2. The molecule has 4 nitrogen and oxygen atoms in total. The van der Waals surface area contributed by atoms with Crippen molar-refractivity contribution in [1.29, 1.82) is 0 Å². The largest absolute Gasteiger partial charge is 0.380 e. The van der Waals surface area contributed by atoms with Gasteiger partial charge in [0.15, 0.2) is 0 Å². The molecule has 0 saturated carbocycles. The maximum atomic E-state index is 5.56. The molecule has 0 spiro atoms. The van der Waals surface area contributed by atoms with Crippen LogP contribution in [-0.4, -0.2) is 32.0 Å². The molecule has 0 radical (unpaired) electrons. The molecule has 2 atom stereocenters. The molecule has 0 aromatic heterocycles. The summed E-state index contributed by atoms with van der Waals surface area (Å²) in [6, 6.07) is 0.265. The average Bonchev–Trinajstić information content (AvgIpc) is 2.76. The smallest absolute Gasteiger partial charge is 0.0633 e. The van der Waals surface area contributed by atoms with Crippen LogP contribution in [0.15, 0.2) is 0 Å². The third-order valence-electron chi connectivity index (χ3n) is 2.76. The van der Waals surface area contributed by atoms with Crippen molar-refractivity contribution < 1.29 is 9.47 Å². The zero-order valence-corrected chi connectivity index (χ0v) is 9.71. The van der Waals surface area contributed by atoms with Crippen molar-refractivity contribution in [1.82, 2.24) is 5.43 Å². The minimum absolute atomic E-state index is 0.265. The second kappa shape index (κ2) is 8.05. The van der Waals surface area contributed by atoms with E-state index in [0.29, 0.717) is 12.7 Å². The first kappa shape index (κ1) is 12.9. The van der Waals surface area contributed by atoms with Gasteiger partial charge in [-0.2, -0.15) is 0 Å². The Bertz CT molecular complexity index is 150. The predicted octanol–water partition coefficient (Wildman–Crippen LogP) is 1.20. The summed E-state index contributed by atoms with van der Waals surface area (Å²) in [6.45, 7) is 4.56. The van der Waals surface area contributed by atoms with E-state index in [0.717, 1.165) is 32.5 Å². The van der Waals surface area contributed by atoms with Gasteiger partial charge < -0.3 is 9.47 Å². The average molecular weight is 216 g/mol. The lowest BCUT2D eigenvalue weighted by molar-refractivity contribution is 0.0824. The first-order chi connectivity index (χ1) is 7.36. The molecule has 1 aliphatic heterocycles. The lowest BCUT2D eigenvalue weighted by Gasteiger charge is -2.17. The number of ether oxygens (including phenoxy) is 2. The van der Waals surface area contributed by atoms with Crippen LogP contribution < -0.4 is 11.3 Å². The highest BCUT2D eigenvalue weighted by Crippen LogP contribution is 2.17. The molecule has 15 heavy (non-hydrogen) atoms. The molecule has 2 unspecified atom stereocenters. The van der Waals surface area contributed by atoms with Crippen LogP contribution in [0, 0.1) is 0 Å². The summed E-state index contributed by atoms with van der Waals surface area (Å²) in [5, 5.41) is 0. The molecule has 1 fully saturated rings.